The van der Waals surface area contributed by atoms with Gasteiger partial charge in [0.1, 0.15) is 5.82 Å². The van der Waals surface area contributed by atoms with Crippen LogP contribution in [0.2, 0.25) is 10.0 Å². The Kier molecular flexibility index (Phi) is 4.71. The second-order valence-electron chi connectivity index (χ2n) is 3.85. The smallest absolute Gasteiger partial charge is 0.267 e. The molecule has 0 heterocycles. The second-order valence-corrected chi connectivity index (χ2v) is 4.63. The third kappa shape index (κ3) is 3.56. The predicted molar refractivity (Wildman–Crippen MR) is 77.9 cm³/mol. The van der Waals surface area contributed by atoms with E-state index < -0.39 is 11.7 Å². The number of nitrogens with one attached hydrogen (secondary N) is 1. The molecule has 0 fully saturated rings. The summed E-state index contributed by atoms with van der Waals surface area (Å²) in [4.78, 5) is 11.7. The highest BCUT2D eigenvalue weighted by Gasteiger charge is 2.04. The lowest BCUT2D eigenvalue weighted by Crippen LogP contribution is -2.17. The molecule has 0 atom stereocenters. The standard InChI is InChI=1S/C14H9Cl2FN2O/c15-12-3-1-2-10(13(12)16)8-18-19-14(20)9-4-6-11(17)7-5-9/h1-8H,(H,19,20)/b18-8+. The molecule has 0 aromatic heterocycles. The van der Waals surface area contributed by atoms with Gasteiger partial charge >= 0.3 is 0 Å². The van der Waals surface area contributed by atoms with E-state index in [1.165, 1.54) is 30.5 Å². The van der Waals surface area contributed by atoms with Gasteiger partial charge in [-0.2, -0.15) is 5.10 Å². The molecule has 2 rings (SSSR count). The molecule has 20 heavy (non-hydrogen) atoms. The molecule has 0 bridgehead atoms. The van der Waals surface area contributed by atoms with Crippen LogP contribution in [-0.4, -0.2) is 12.1 Å². The highest BCUT2D eigenvalue weighted by Crippen LogP contribution is 2.24. The molecule has 6 heteroatoms. The number of nitrogens with zero attached hydrogens (tertiary/aromatic N) is 1. The van der Waals surface area contributed by atoms with Crippen LogP contribution in [-0.2, 0) is 0 Å². The molecule has 0 unspecified atom stereocenters. The SMILES string of the molecule is O=C(N/N=C/c1cccc(Cl)c1Cl)c1ccc(F)cc1. The van der Waals surface area contributed by atoms with Gasteiger partial charge in [0.2, 0.25) is 0 Å². The third-order valence-corrected chi connectivity index (χ3v) is 3.29. The molecular formula is C14H9Cl2FN2O. The summed E-state index contributed by atoms with van der Waals surface area (Å²) in [5.74, 6) is -0.852. The van der Waals surface area contributed by atoms with Crippen LogP contribution in [0.1, 0.15) is 15.9 Å². The van der Waals surface area contributed by atoms with Gasteiger partial charge in [0.05, 0.1) is 16.3 Å². The van der Waals surface area contributed by atoms with Crippen LogP contribution in [0.15, 0.2) is 47.6 Å². The van der Waals surface area contributed by atoms with Crippen molar-refractivity contribution in [3.63, 3.8) is 0 Å². The maximum Gasteiger partial charge on any atom is 0.271 e. The average Bonchev–Trinajstić information content (AvgIpc) is 2.44. The van der Waals surface area contributed by atoms with E-state index in [2.05, 4.69) is 10.5 Å². The van der Waals surface area contributed by atoms with Crippen molar-refractivity contribution in [3.05, 3.63) is 69.5 Å². The van der Waals surface area contributed by atoms with Crippen molar-refractivity contribution in [1.29, 1.82) is 0 Å². The Balaban J connectivity index is 2.04. The van der Waals surface area contributed by atoms with E-state index in [1.807, 2.05) is 0 Å². The summed E-state index contributed by atoms with van der Waals surface area (Å²) in [7, 11) is 0. The molecule has 0 radical (unpaired) electrons. The summed E-state index contributed by atoms with van der Waals surface area (Å²) in [5.41, 5.74) is 3.21. The van der Waals surface area contributed by atoms with Crippen molar-refractivity contribution in [2.75, 3.05) is 0 Å². The van der Waals surface area contributed by atoms with E-state index >= 15 is 0 Å². The summed E-state index contributed by atoms with van der Waals surface area (Å²) in [6.45, 7) is 0. The Morgan fingerprint density at radius 2 is 1.85 bits per heavy atom. The largest absolute Gasteiger partial charge is 0.271 e. The van der Waals surface area contributed by atoms with Crippen LogP contribution in [0.25, 0.3) is 0 Å². The van der Waals surface area contributed by atoms with Crippen LogP contribution in [0, 0.1) is 5.82 Å². The molecule has 2 aromatic rings. The van der Waals surface area contributed by atoms with Gasteiger partial charge in [0.25, 0.3) is 5.91 Å². The third-order valence-electron chi connectivity index (χ3n) is 2.46. The predicted octanol–water partition coefficient (Wildman–Crippen LogP) is 3.90. The number of hydrazone groups is 1. The number of carbonyl (C=O) groups is 1. The van der Waals surface area contributed by atoms with Crippen molar-refractivity contribution < 1.29 is 9.18 Å². The number of hydrogen-bond donors (Lipinski definition) is 1. The molecule has 0 spiro atoms. The molecular weight excluding hydrogens is 302 g/mol. The zero-order valence-electron chi connectivity index (χ0n) is 10.1. The van der Waals surface area contributed by atoms with Gasteiger partial charge in [0, 0.05) is 11.1 Å². The monoisotopic (exact) mass is 310 g/mol. The van der Waals surface area contributed by atoms with Gasteiger partial charge < -0.3 is 0 Å². The topological polar surface area (TPSA) is 41.5 Å². The van der Waals surface area contributed by atoms with E-state index in [0.717, 1.165) is 0 Å². The minimum atomic E-state index is -0.445. The van der Waals surface area contributed by atoms with Gasteiger partial charge in [-0.05, 0) is 30.3 Å². The van der Waals surface area contributed by atoms with E-state index in [4.69, 9.17) is 23.2 Å². The summed E-state index contributed by atoms with van der Waals surface area (Å²) < 4.78 is 12.7. The van der Waals surface area contributed by atoms with Crippen LogP contribution in [0.3, 0.4) is 0 Å². The molecule has 1 amide bonds. The van der Waals surface area contributed by atoms with E-state index in [9.17, 15) is 9.18 Å². The highest BCUT2D eigenvalue weighted by molar-refractivity contribution is 6.43. The van der Waals surface area contributed by atoms with Gasteiger partial charge in [-0.1, -0.05) is 35.3 Å². The van der Waals surface area contributed by atoms with E-state index in [0.29, 0.717) is 21.2 Å². The molecule has 102 valence electrons. The number of amides is 1. The minimum absolute atomic E-state index is 0.306. The minimum Gasteiger partial charge on any atom is -0.267 e. The Hall–Kier alpha value is -1.91. The van der Waals surface area contributed by atoms with Crippen LogP contribution in [0.4, 0.5) is 4.39 Å². The molecule has 0 aliphatic carbocycles. The maximum atomic E-state index is 12.7. The lowest BCUT2D eigenvalue weighted by atomic mass is 10.2. The quantitative estimate of drug-likeness (QED) is 0.678. The molecule has 0 aliphatic rings. The first-order valence-corrected chi connectivity index (χ1v) is 6.36. The van der Waals surface area contributed by atoms with Crippen LogP contribution in [0.5, 0.6) is 0 Å². The zero-order valence-corrected chi connectivity index (χ0v) is 11.6. The van der Waals surface area contributed by atoms with Gasteiger partial charge in [-0.15, -0.1) is 0 Å². The number of carbonyl (C=O) groups excluding carboxylic acids is 1. The normalized spacial score (nSPS) is 10.8. The summed E-state index contributed by atoms with van der Waals surface area (Å²) >= 11 is 11.8. The lowest BCUT2D eigenvalue weighted by molar-refractivity contribution is 0.0955. The molecule has 3 nitrogen and oxygen atoms in total. The lowest BCUT2D eigenvalue weighted by Gasteiger charge is -2.01. The Morgan fingerprint density at radius 1 is 1.15 bits per heavy atom. The van der Waals surface area contributed by atoms with Crippen molar-refractivity contribution in [2.45, 2.75) is 0 Å². The Morgan fingerprint density at radius 3 is 2.55 bits per heavy atom. The zero-order chi connectivity index (χ0) is 14.5. The number of hydrogen-bond acceptors (Lipinski definition) is 2. The van der Waals surface area contributed by atoms with Crippen molar-refractivity contribution >= 4 is 35.3 Å². The summed E-state index contributed by atoms with van der Waals surface area (Å²) in [6.07, 6.45) is 1.38. The second kappa shape index (κ2) is 6.50. The first-order chi connectivity index (χ1) is 9.58. The van der Waals surface area contributed by atoms with Gasteiger partial charge in [-0.3, -0.25) is 4.79 Å². The first kappa shape index (κ1) is 14.5. The number of halogens is 3. The van der Waals surface area contributed by atoms with Crippen LogP contribution >= 0.6 is 23.2 Å². The molecule has 0 saturated carbocycles. The number of rotatable bonds is 3. The van der Waals surface area contributed by atoms with Crippen molar-refractivity contribution in [2.24, 2.45) is 5.10 Å². The van der Waals surface area contributed by atoms with Crippen LogP contribution < -0.4 is 5.43 Å². The molecule has 2 aromatic carbocycles. The van der Waals surface area contributed by atoms with E-state index in [-0.39, 0.29) is 0 Å². The van der Waals surface area contributed by atoms with Crippen molar-refractivity contribution in [1.82, 2.24) is 5.43 Å². The molecule has 0 saturated heterocycles. The Labute approximate surface area is 125 Å². The van der Waals surface area contributed by atoms with Gasteiger partial charge in [-0.25, -0.2) is 9.82 Å². The fourth-order valence-corrected chi connectivity index (χ4v) is 1.80. The van der Waals surface area contributed by atoms with Crippen molar-refractivity contribution in [3.8, 4) is 0 Å². The highest BCUT2D eigenvalue weighted by atomic mass is 35.5. The van der Waals surface area contributed by atoms with Gasteiger partial charge in [0.15, 0.2) is 0 Å². The summed E-state index contributed by atoms with van der Waals surface area (Å²) in [5, 5.41) is 4.54. The average molecular weight is 311 g/mol. The fraction of sp³-hybridized carbons (Fsp3) is 0. The fourth-order valence-electron chi connectivity index (χ4n) is 1.45. The first-order valence-electron chi connectivity index (χ1n) is 5.61. The van der Waals surface area contributed by atoms with E-state index in [1.54, 1.807) is 18.2 Å². The molecule has 0 aliphatic heterocycles. The number of benzene rings is 2. The maximum absolute atomic E-state index is 12.7. The molecule has 1 N–H and O–H groups in total. The Bertz CT molecular complexity index is 657. The summed E-state index contributed by atoms with van der Waals surface area (Å²) in [6, 6.07) is 10.2.